The van der Waals surface area contributed by atoms with Crippen LogP contribution in [0.4, 0.5) is 10.1 Å². The second-order valence-corrected chi connectivity index (χ2v) is 10.2. The number of nitrogens with one attached hydrogen (secondary N) is 1. The van der Waals surface area contributed by atoms with E-state index in [1.54, 1.807) is 28.8 Å². The number of nitro benzene ring substituents is 1. The lowest BCUT2D eigenvalue weighted by Crippen LogP contribution is -2.24. The third-order valence-electron chi connectivity index (χ3n) is 6.25. The fourth-order valence-corrected chi connectivity index (χ4v) is 5.01. The summed E-state index contributed by atoms with van der Waals surface area (Å²) in [6.45, 7) is 2.41. The Morgan fingerprint density at radius 2 is 1.58 bits per heavy atom. The maximum atomic E-state index is 13.2. The quantitative estimate of drug-likeness (QED) is 0.0843. The van der Waals surface area contributed by atoms with Crippen molar-refractivity contribution < 1.29 is 14.1 Å². The first-order valence-electron chi connectivity index (χ1n) is 13.3. The summed E-state index contributed by atoms with van der Waals surface area (Å²) in [7, 11) is 0. The van der Waals surface area contributed by atoms with E-state index in [4.69, 9.17) is 0 Å². The van der Waals surface area contributed by atoms with Crippen molar-refractivity contribution in [2.24, 2.45) is 0 Å². The lowest BCUT2D eigenvalue weighted by atomic mass is 10.1. The second kappa shape index (κ2) is 15.9. The van der Waals surface area contributed by atoms with Gasteiger partial charge in [-0.05, 0) is 36.2 Å². The molecule has 0 saturated carbocycles. The van der Waals surface area contributed by atoms with Gasteiger partial charge in [0.15, 0.2) is 11.0 Å². The van der Waals surface area contributed by atoms with Crippen LogP contribution < -0.4 is 5.32 Å². The summed E-state index contributed by atoms with van der Waals surface area (Å²) in [6, 6.07) is 12.4. The van der Waals surface area contributed by atoms with Crippen LogP contribution >= 0.6 is 11.8 Å². The molecular weight excluding hydrogens is 505 g/mol. The molecule has 3 aromatic rings. The lowest BCUT2D eigenvalue weighted by molar-refractivity contribution is -0.384. The van der Waals surface area contributed by atoms with Crippen molar-refractivity contribution >= 4 is 23.4 Å². The van der Waals surface area contributed by atoms with Crippen molar-refractivity contribution in [3.05, 3.63) is 75.9 Å². The first-order valence-corrected chi connectivity index (χ1v) is 14.3. The molecule has 10 heteroatoms. The van der Waals surface area contributed by atoms with E-state index < -0.39 is 4.92 Å². The molecule has 38 heavy (non-hydrogen) atoms. The number of benzene rings is 2. The van der Waals surface area contributed by atoms with Gasteiger partial charge in [0.05, 0.1) is 11.5 Å². The molecule has 0 aliphatic heterocycles. The van der Waals surface area contributed by atoms with Crippen molar-refractivity contribution in [2.45, 2.75) is 88.6 Å². The third kappa shape index (κ3) is 9.55. The van der Waals surface area contributed by atoms with Crippen LogP contribution in [0.15, 0.2) is 53.7 Å². The molecule has 1 heterocycles. The SMILES string of the molecule is CCCCCCCCCCCC(=O)NCc1nnc(SCc2ccc(F)cc2)n1-c1ccc([N+](=O)[O-])cc1. The number of unbranched alkanes of at least 4 members (excludes halogenated alkanes) is 8. The molecular formula is C28H36FN5O3S. The van der Waals surface area contributed by atoms with Crippen molar-refractivity contribution in [3.8, 4) is 5.69 Å². The Hall–Kier alpha value is -3.27. The Kier molecular flexibility index (Phi) is 12.2. The highest BCUT2D eigenvalue weighted by atomic mass is 32.2. The zero-order chi connectivity index (χ0) is 27.2. The zero-order valence-electron chi connectivity index (χ0n) is 21.9. The Morgan fingerprint density at radius 3 is 2.21 bits per heavy atom. The van der Waals surface area contributed by atoms with Gasteiger partial charge in [-0.1, -0.05) is 82.2 Å². The number of non-ortho nitro benzene ring substituents is 1. The van der Waals surface area contributed by atoms with E-state index in [9.17, 15) is 19.3 Å². The molecule has 1 N–H and O–H groups in total. The van der Waals surface area contributed by atoms with Crippen LogP contribution in [0.25, 0.3) is 5.69 Å². The normalized spacial score (nSPS) is 11.0. The van der Waals surface area contributed by atoms with Crippen molar-refractivity contribution in [2.75, 3.05) is 0 Å². The summed E-state index contributed by atoms with van der Waals surface area (Å²) in [4.78, 5) is 23.1. The molecule has 0 fully saturated rings. The topological polar surface area (TPSA) is 103 Å². The Morgan fingerprint density at radius 1 is 0.947 bits per heavy atom. The molecule has 204 valence electrons. The fraction of sp³-hybridized carbons (Fsp3) is 0.464. The van der Waals surface area contributed by atoms with Crippen LogP contribution in [-0.4, -0.2) is 25.6 Å². The average molecular weight is 542 g/mol. The Bertz CT molecular complexity index is 1150. The molecule has 1 aromatic heterocycles. The lowest BCUT2D eigenvalue weighted by Gasteiger charge is -2.11. The molecule has 0 aliphatic carbocycles. The summed E-state index contributed by atoms with van der Waals surface area (Å²) >= 11 is 1.41. The number of halogens is 1. The molecule has 0 bridgehead atoms. The number of nitro groups is 1. The number of rotatable bonds is 17. The molecule has 3 rings (SSSR count). The standard InChI is InChI=1S/C28H36FN5O3S/c1-2-3-4-5-6-7-8-9-10-11-27(35)30-20-26-31-32-28(38-21-22-12-14-23(29)15-13-22)33(26)24-16-18-25(19-17-24)34(36)37/h12-19H,2-11,20-21H2,1H3,(H,30,35). The number of nitrogens with zero attached hydrogens (tertiary/aromatic N) is 4. The van der Waals surface area contributed by atoms with E-state index in [1.807, 2.05) is 0 Å². The number of carbonyl (C=O) groups is 1. The summed E-state index contributed by atoms with van der Waals surface area (Å²) < 4.78 is 15.0. The van der Waals surface area contributed by atoms with Gasteiger partial charge in [0.2, 0.25) is 5.91 Å². The van der Waals surface area contributed by atoms with Gasteiger partial charge in [-0.2, -0.15) is 0 Å². The molecule has 0 atom stereocenters. The van der Waals surface area contributed by atoms with Crippen LogP contribution in [0, 0.1) is 15.9 Å². The van der Waals surface area contributed by atoms with Crippen LogP contribution in [0.5, 0.6) is 0 Å². The van der Waals surface area contributed by atoms with Gasteiger partial charge >= 0.3 is 0 Å². The number of hydrogen-bond acceptors (Lipinski definition) is 6. The average Bonchev–Trinajstić information content (AvgIpc) is 3.33. The van der Waals surface area contributed by atoms with E-state index in [0.29, 0.717) is 28.8 Å². The highest BCUT2D eigenvalue weighted by Crippen LogP contribution is 2.26. The van der Waals surface area contributed by atoms with Crippen molar-refractivity contribution in [1.82, 2.24) is 20.1 Å². The van der Waals surface area contributed by atoms with Crippen LogP contribution in [-0.2, 0) is 17.1 Å². The zero-order valence-corrected chi connectivity index (χ0v) is 22.7. The number of carbonyl (C=O) groups excluding carboxylic acids is 1. The van der Waals surface area contributed by atoms with E-state index in [2.05, 4.69) is 22.4 Å². The maximum absolute atomic E-state index is 13.2. The Balaban J connectivity index is 1.57. The molecule has 0 aliphatic rings. The molecule has 0 saturated heterocycles. The molecule has 0 unspecified atom stereocenters. The molecule has 1 amide bonds. The Labute approximate surface area is 227 Å². The molecule has 0 radical (unpaired) electrons. The minimum Gasteiger partial charge on any atom is -0.349 e. The largest absolute Gasteiger partial charge is 0.349 e. The smallest absolute Gasteiger partial charge is 0.269 e. The fourth-order valence-electron chi connectivity index (χ4n) is 4.08. The van der Waals surface area contributed by atoms with E-state index in [-0.39, 0.29) is 24.0 Å². The second-order valence-electron chi connectivity index (χ2n) is 9.28. The number of aromatic nitrogens is 3. The van der Waals surface area contributed by atoms with Crippen LogP contribution in [0.2, 0.25) is 0 Å². The van der Waals surface area contributed by atoms with Crippen LogP contribution in [0.3, 0.4) is 0 Å². The minimum atomic E-state index is -0.451. The van der Waals surface area contributed by atoms with Crippen molar-refractivity contribution in [1.29, 1.82) is 0 Å². The summed E-state index contributed by atoms with van der Waals surface area (Å²) in [5.41, 5.74) is 1.56. The predicted octanol–water partition coefficient (Wildman–Crippen LogP) is 7.14. The summed E-state index contributed by atoms with van der Waals surface area (Å²) in [5, 5.41) is 23.2. The summed E-state index contributed by atoms with van der Waals surface area (Å²) in [5.74, 6) is 0.733. The van der Waals surface area contributed by atoms with Gasteiger partial charge in [0, 0.05) is 30.0 Å². The number of thioether (sulfide) groups is 1. The highest BCUT2D eigenvalue weighted by Gasteiger charge is 2.17. The first-order chi connectivity index (χ1) is 18.5. The van der Waals surface area contributed by atoms with Gasteiger partial charge in [-0.25, -0.2) is 4.39 Å². The number of amides is 1. The van der Waals surface area contributed by atoms with E-state index in [1.165, 1.54) is 74.6 Å². The van der Waals surface area contributed by atoms with Gasteiger partial charge in [0.25, 0.3) is 5.69 Å². The van der Waals surface area contributed by atoms with Gasteiger partial charge in [0.1, 0.15) is 5.82 Å². The summed E-state index contributed by atoms with van der Waals surface area (Å²) in [6.07, 6.45) is 11.2. The minimum absolute atomic E-state index is 0.0156. The van der Waals surface area contributed by atoms with Crippen LogP contribution in [0.1, 0.15) is 82.5 Å². The van der Waals surface area contributed by atoms with E-state index >= 15 is 0 Å². The molecule has 8 nitrogen and oxygen atoms in total. The number of hydrogen-bond donors (Lipinski definition) is 1. The first kappa shape index (κ1) is 29.3. The third-order valence-corrected chi connectivity index (χ3v) is 7.25. The molecule has 2 aromatic carbocycles. The maximum Gasteiger partial charge on any atom is 0.269 e. The highest BCUT2D eigenvalue weighted by molar-refractivity contribution is 7.98. The molecule has 0 spiro atoms. The van der Waals surface area contributed by atoms with Gasteiger partial charge in [-0.15, -0.1) is 10.2 Å². The monoisotopic (exact) mass is 541 g/mol. The van der Waals surface area contributed by atoms with Gasteiger partial charge in [-0.3, -0.25) is 19.5 Å². The van der Waals surface area contributed by atoms with Crippen molar-refractivity contribution in [3.63, 3.8) is 0 Å². The predicted molar refractivity (Wildman–Crippen MR) is 148 cm³/mol. The van der Waals surface area contributed by atoms with Gasteiger partial charge < -0.3 is 5.32 Å². The van der Waals surface area contributed by atoms with E-state index in [0.717, 1.165) is 24.8 Å².